The fourth-order valence-corrected chi connectivity index (χ4v) is 1.59. The van der Waals surface area contributed by atoms with E-state index < -0.39 is 0 Å². The van der Waals surface area contributed by atoms with Gasteiger partial charge in [0.05, 0.1) is 7.05 Å². The molecule has 0 bridgehead atoms. The van der Waals surface area contributed by atoms with Gasteiger partial charge in [-0.25, -0.2) is 0 Å². The van der Waals surface area contributed by atoms with Crippen molar-refractivity contribution >= 4 is 5.95 Å². The minimum atomic E-state index is 0.248. The number of hydrogen-bond donors (Lipinski definition) is 1. The number of aryl methyl sites for hydroxylation is 1. The van der Waals surface area contributed by atoms with E-state index in [9.17, 15) is 0 Å². The summed E-state index contributed by atoms with van der Waals surface area (Å²) in [6.07, 6.45) is 2.20. The van der Waals surface area contributed by atoms with Crippen molar-refractivity contribution in [2.75, 3.05) is 18.0 Å². The molecule has 1 saturated heterocycles. The maximum absolute atomic E-state index is 5.84. The summed E-state index contributed by atoms with van der Waals surface area (Å²) in [5, 5.41) is 11.9. The van der Waals surface area contributed by atoms with Crippen LogP contribution >= 0.6 is 0 Å². The highest BCUT2D eigenvalue weighted by Crippen LogP contribution is 2.13. The lowest BCUT2D eigenvalue weighted by Gasteiger charge is -2.29. The predicted molar refractivity (Wildman–Crippen MR) is 48.2 cm³/mol. The minimum Gasteiger partial charge on any atom is -0.337 e. The van der Waals surface area contributed by atoms with Gasteiger partial charge in [0.1, 0.15) is 0 Å². The van der Waals surface area contributed by atoms with Crippen LogP contribution in [0, 0.1) is 0 Å². The number of nitrogens with zero attached hydrogens (tertiary/aromatic N) is 5. The van der Waals surface area contributed by atoms with Gasteiger partial charge in [-0.05, 0) is 18.1 Å². The van der Waals surface area contributed by atoms with Crippen LogP contribution in [0.3, 0.4) is 0 Å². The van der Waals surface area contributed by atoms with Crippen molar-refractivity contribution in [2.24, 2.45) is 12.8 Å². The van der Waals surface area contributed by atoms with Crippen LogP contribution in [0.15, 0.2) is 0 Å². The summed E-state index contributed by atoms with van der Waals surface area (Å²) in [4.78, 5) is 3.55. The molecule has 0 spiro atoms. The number of hydrogen-bond acceptors (Lipinski definition) is 5. The molecular weight excluding hydrogens is 168 g/mol. The Morgan fingerprint density at radius 3 is 3.00 bits per heavy atom. The van der Waals surface area contributed by atoms with E-state index in [0.29, 0.717) is 5.95 Å². The van der Waals surface area contributed by atoms with Gasteiger partial charge in [0, 0.05) is 19.1 Å². The summed E-state index contributed by atoms with van der Waals surface area (Å²) in [6.45, 7) is 1.82. The fraction of sp³-hybridized carbons (Fsp3) is 0.857. The first-order chi connectivity index (χ1) is 6.25. The van der Waals surface area contributed by atoms with Crippen LogP contribution in [0.1, 0.15) is 12.8 Å². The number of nitrogens with two attached hydrogens (primary N) is 1. The van der Waals surface area contributed by atoms with Gasteiger partial charge in [0.2, 0.25) is 0 Å². The van der Waals surface area contributed by atoms with E-state index in [1.165, 1.54) is 4.80 Å². The molecule has 1 unspecified atom stereocenters. The number of piperidine rings is 1. The molecule has 1 aliphatic rings. The lowest BCUT2D eigenvalue weighted by molar-refractivity contribution is 0.499. The molecule has 1 aliphatic heterocycles. The highest BCUT2D eigenvalue weighted by molar-refractivity contribution is 5.27. The van der Waals surface area contributed by atoms with Crippen molar-refractivity contribution in [3.8, 4) is 0 Å². The van der Waals surface area contributed by atoms with Gasteiger partial charge < -0.3 is 10.6 Å². The molecule has 1 aromatic heterocycles. The Balaban J connectivity index is 2.08. The average Bonchev–Trinajstić information content (AvgIpc) is 2.52. The number of rotatable bonds is 1. The van der Waals surface area contributed by atoms with Crippen molar-refractivity contribution in [3.05, 3.63) is 0 Å². The Morgan fingerprint density at radius 1 is 1.54 bits per heavy atom. The third kappa shape index (κ3) is 1.77. The van der Waals surface area contributed by atoms with Crippen LogP contribution in [0.5, 0.6) is 0 Å². The van der Waals surface area contributed by atoms with E-state index in [0.717, 1.165) is 25.9 Å². The second kappa shape index (κ2) is 3.29. The largest absolute Gasteiger partial charge is 0.337 e. The van der Waals surface area contributed by atoms with Gasteiger partial charge in [-0.3, -0.25) is 0 Å². The second-order valence-electron chi connectivity index (χ2n) is 3.43. The van der Waals surface area contributed by atoms with Gasteiger partial charge >= 0.3 is 0 Å². The van der Waals surface area contributed by atoms with Crippen molar-refractivity contribution in [2.45, 2.75) is 18.9 Å². The zero-order valence-corrected chi connectivity index (χ0v) is 7.72. The van der Waals surface area contributed by atoms with E-state index in [2.05, 4.69) is 20.3 Å². The van der Waals surface area contributed by atoms with Crippen molar-refractivity contribution in [1.29, 1.82) is 0 Å². The Labute approximate surface area is 76.7 Å². The molecule has 72 valence electrons. The Morgan fingerprint density at radius 2 is 2.38 bits per heavy atom. The number of aromatic nitrogens is 4. The molecule has 1 atom stereocenters. The third-order valence-electron chi connectivity index (χ3n) is 2.24. The number of anilines is 1. The smallest absolute Gasteiger partial charge is 0.266 e. The monoisotopic (exact) mass is 182 g/mol. The molecule has 2 rings (SSSR count). The molecule has 0 aliphatic carbocycles. The first-order valence-corrected chi connectivity index (χ1v) is 4.50. The van der Waals surface area contributed by atoms with E-state index in [1.54, 1.807) is 7.05 Å². The van der Waals surface area contributed by atoms with Crippen LogP contribution in [-0.4, -0.2) is 39.3 Å². The highest BCUT2D eigenvalue weighted by Gasteiger charge is 2.19. The van der Waals surface area contributed by atoms with Crippen molar-refractivity contribution < 1.29 is 0 Å². The Hall–Kier alpha value is -1.17. The molecule has 2 N–H and O–H groups in total. The van der Waals surface area contributed by atoms with Gasteiger partial charge in [-0.1, -0.05) is 5.10 Å². The second-order valence-corrected chi connectivity index (χ2v) is 3.43. The van der Waals surface area contributed by atoms with Gasteiger partial charge in [-0.2, -0.15) is 4.80 Å². The van der Waals surface area contributed by atoms with Crippen molar-refractivity contribution in [3.63, 3.8) is 0 Å². The molecule has 6 heteroatoms. The van der Waals surface area contributed by atoms with Gasteiger partial charge in [0.25, 0.3) is 5.95 Å². The normalized spacial score (nSPS) is 23.5. The molecule has 0 radical (unpaired) electrons. The van der Waals surface area contributed by atoms with Crippen LogP contribution in [-0.2, 0) is 7.05 Å². The first kappa shape index (κ1) is 8.43. The first-order valence-electron chi connectivity index (χ1n) is 4.50. The van der Waals surface area contributed by atoms with E-state index in [4.69, 9.17) is 5.73 Å². The zero-order valence-electron chi connectivity index (χ0n) is 7.72. The van der Waals surface area contributed by atoms with Crippen LogP contribution in [0.4, 0.5) is 5.95 Å². The van der Waals surface area contributed by atoms with Gasteiger partial charge in [0.15, 0.2) is 0 Å². The minimum absolute atomic E-state index is 0.248. The van der Waals surface area contributed by atoms with Crippen LogP contribution < -0.4 is 10.6 Å². The van der Waals surface area contributed by atoms with E-state index >= 15 is 0 Å². The average molecular weight is 182 g/mol. The summed E-state index contributed by atoms with van der Waals surface area (Å²) >= 11 is 0. The molecule has 0 aromatic carbocycles. The van der Waals surface area contributed by atoms with Crippen molar-refractivity contribution in [1.82, 2.24) is 20.2 Å². The molecule has 6 nitrogen and oxygen atoms in total. The summed E-state index contributed by atoms with van der Waals surface area (Å²) < 4.78 is 0. The maximum atomic E-state index is 5.84. The molecule has 1 fully saturated rings. The quantitative estimate of drug-likeness (QED) is 0.611. The van der Waals surface area contributed by atoms with Crippen LogP contribution in [0.2, 0.25) is 0 Å². The fourth-order valence-electron chi connectivity index (χ4n) is 1.59. The molecule has 0 amide bonds. The summed E-state index contributed by atoms with van der Waals surface area (Å²) in [6, 6.07) is 0.248. The van der Waals surface area contributed by atoms with Crippen LogP contribution in [0.25, 0.3) is 0 Å². The summed E-state index contributed by atoms with van der Waals surface area (Å²) in [5.41, 5.74) is 5.84. The summed E-state index contributed by atoms with van der Waals surface area (Å²) in [7, 11) is 1.76. The topological polar surface area (TPSA) is 72.9 Å². The number of tetrazole rings is 1. The van der Waals surface area contributed by atoms with E-state index in [-0.39, 0.29) is 6.04 Å². The molecule has 0 saturated carbocycles. The Kier molecular flexibility index (Phi) is 2.13. The molecule has 2 heterocycles. The summed E-state index contributed by atoms with van der Waals surface area (Å²) in [5.74, 6) is 0.692. The lowest BCUT2D eigenvalue weighted by atomic mass is 10.1. The Bertz CT molecular complexity index is 282. The molecule has 1 aromatic rings. The maximum Gasteiger partial charge on any atom is 0.266 e. The zero-order chi connectivity index (χ0) is 9.26. The third-order valence-corrected chi connectivity index (χ3v) is 2.24. The lowest BCUT2D eigenvalue weighted by Crippen LogP contribution is -2.43. The molecular formula is C7H14N6. The van der Waals surface area contributed by atoms with Gasteiger partial charge in [-0.15, -0.1) is 5.10 Å². The molecule has 13 heavy (non-hydrogen) atoms. The SMILES string of the molecule is Cn1nnc(N2CCCC(N)C2)n1. The predicted octanol–water partition coefficient (Wildman–Crippen LogP) is -0.862. The standard InChI is InChI=1S/C7H14N6/c1-12-10-7(9-11-12)13-4-2-3-6(8)5-13/h6H,2-5,8H2,1H3. The highest BCUT2D eigenvalue weighted by atomic mass is 15.6. The van der Waals surface area contributed by atoms with E-state index in [1.807, 2.05) is 0 Å².